The van der Waals surface area contributed by atoms with Gasteiger partial charge >= 0.3 is 0 Å². The van der Waals surface area contributed by atoms with Gasteiger partial charge in [0.15, 0.2) is 0 Å². The van der Waals surface area contributed by atoms with Crippen molar-refractivity contribution in [2.45, 2.75) is 6.42 Å². The van der Waals surface area contributed by atoms with Gasteiger partial charge in [0.05, 0.1) is 4.88 Å². The number of hydrogen-bond acceptors (Lipinski definition) is 4. The summed E-state index contributed by atoms with van der Waals surface area (Å²) in [5, 5.41) is 3.10. The largest absolute Gasteiger partial charge is 0.399 e. The first kappa shape index (κ1) is 14.1. The molecule has 2 aromatic heterocycles. The van der Waals surface area contributed by atoms with Gasteiger partial charge in [0, 0.05) is 28.9 Å². The van der Waals surface area contributed by atoms with Gasteiger partial charge in [-0.25, -0.2) is 0 Å². The minimum absolute atomic E-state index is 0.0753. The van der Waals surface area contributed by atoms with Crippen LogP contribution in [0.3, 0.4) is 0 Å². The quantitative estimate of drug-likeness (QED) is 0.743. The highest BCUT2D eigenvalue weighted by Crippen LogP contribution is 2.28. The maximum Gasteiger partial charge on any atom is 0.263 e. The van der Waals surface area contributed by atoms with E-state index in [4.69, 9.17) is 5.73 Å². The van der Waals surface area contributed by atoms with E-state index in [0.717, 1.165) is 33.6 Å². The third-order valence-corrected chi connectivity index (χ3v) is 5.41. The van der Waals surface area contributed by atoms with E-state index in [1.54, 1.807) is 16.2 Å². The molecule has 5 heteroatoms. The summed E-state index contributed by atoms with van der Waals surface area (Å²) in [6.07, 6.45) is 0.901. The van der Waals surface area contributed by atoms with Gasteiger partial charge < -0.3 is 10.6 Å². The van der Waals surface area contributed by atoms with Crippen LogP contribution in [-0.4, -0.2) is 24.4 Å². The van der Waals surface area contributed by atoms with Crippen molar-refractivity contribution >= 4 is 44.4 Å². The molecule has 0 atom stereocenters. The third kappa shape index (κ3) is 3.09. The van der Waals surface area contributed by atoms with Crippen molar-refractivity contribution in [3.05, 3.63) is 51.5 Å². The van der Waals surface area contributed by atoms with Crippen LogP contribution in [0.1, 0.15) is 14.5 Å². The molecular weight excluding hydrogens is 300 g/mol. The minimum atomic E-state index is 0.0753. The summed E-state index contributed by atoms with van der Waals surface area (Å²) in [6, 6.07) is 11.8. The molecule has 3 aromatic rings. The summed E-state index contributed by atoms with van der Waals surface area (Å²) < 4.78 is 1.10. The predicted molar refractivity (Wildman–Crippen MR) is 91.2 cm³/mol. The van der Waals surface area contributed by atoms with Crippen LogP contribution in [0.5, 0.6) is 0 Å². The van der Waals surface area contributed by atoms with Crippen molar-refractivity contribution in [1.29, 1.82) is 0 Å². The van der Waals surface area contributed by atoms with Gasteiger partial charge in [-0.3, -0.25) is 4.79 Å². The molecule has 0 aliphatic heterocycles. The van der Waals surface area contributed by atoms with E-state index in [9.17, 15) is 4.79 Å². The molecule has 108 valence electrons. The van der Waals surface area contributed by atoms with Crippen molar-refractivity contribution in [2.24, 2.45) is 0 Å². The Labute approximate surface area is 131 Å². The molecule has 0 saturated heterocycles. The van der Waals surface area contributed by atoms with E-state index >= 15 is 0 Å². The Bertz CT molecular complexity index is 762. The molecule has 1 amide bonds. The molecule has 0 unspecified atom stereocenters. The van der Waals surface area contributed by atoms with E-state index < -0.39 is 0 Å². The van der Waals surface area contributed by atoms with Crippen molar-refractivity contribution in [1.82, 2.24) is 4.90 Å². The van der Waals surface area contributed by atoms with E-state index in [-0.39, 0.29) is 5.91 Å². The highest BCUT2D eigenvalue weighted by molar-refractivity contribution is 7.20. The smallest absolute Gasteiger partial charge is 0.263 e. The number of anilines is 1. The summed E-state index contributed by atoms with van der Waals surface area (Å²) in [5.41, 5.74) is 6.51. The zero-order valence-corrected chi connectivity index (χ0v) is 13.3. The van der Waals surface area contributed by atoms with Gasteiger partial charge in [0.1, 0.15) is 0 Å². The summed E-state index contributed by atoms with van der Waals surface area (Å²) in [7, 11) is 1.86. The van der Waals surface area contributed by atoms with Crippen molar-refractivity contribution in [3.63, 3.8) is 0 Å². The Kier molecular flexibility index (Phi) is 3.94. The summed E-state index contributed by atoms with van der Waals surface area (Å²) >= 11 is 3.25. The Hall–Kier alpha value is -1.85. The number of benzene rings is 1. The molecule has 21 heavy (non-hydrogen) atoms. The second-order valence-corrected chi connectivity index (χ2v) is 7.08. The van der Waals surface area contributed by atoms with Gasteiger partial charge in [-0.2, -0.15) is 0 Å². The van der Waals surface area contributed by atoms with Crippen LogP contribution in [0.2, 0.25) is 0 Å². The fourth-order valence-corrected chi connectivity index (χ4v) is 3.93. The lowest BCUT2D eigenvalue weighted by molar-refractivity contribution is 0.0801. The molecule has 0 fully saturated rings. The van der Waals surface area contributed by atoms with Crippen LogP contribution < -0.4 is 5.73 Å². The molecule has 0 aliphatic carbocycles. The van der Waals surface area contributed by atoms with Crippen molar-refractivity contribution in [2.75, 3.05) is 19.3 Å². The number of amides is 1. The normalized spacial score (nSPS) is 10.9. The van der Waals surface area contributed by atoms with Crippen molar-refractivity contribution in [3.8, 4) is 0 Å². The molecule has 0 bridgehead atoms. The van der Waals surface area contributed by atoms with E-state index in [0.29, 0.717) is 0 Å². The second-order valence-electron chi connectivity index (χ2n) is 4.96. The number of hydrogen-bond donors (Lipinski definition) is 1. The number of nitrogens with two attached hydrogens (primary N) is 1. The van der Waals surface area contributed by atoms with Gasteiger partial charge in [-0.1, -0.05) is 6.07 Å². The number of nitrogens with zero attached hydrogens (tertiary/aromatic N) is 1. The number of rotatable bonds is 4. The zero-order chi connectivity index (χ0) is 14.8. The lowest BCUT2D eigenvalue weighted by Gasteiger charge is -2.15. The summed E-state index contributed by atoms with van der Waals surface area (Å²) in [4.78, 5) is 16.3. The monoisotopic (exact) mass is 316 g/mol. The number of carbonyl (C=O) groups excluding carboxylic acids is 1. The zero-order valence-electron chi connectivity index (χ0n) is 11.7. The average molecular weight is 316 g/mol. The third-order valence-electron chi connectivity index (χ3n) is 3.37. The van der Waals surface area contributed by atoms with Crippen LogP contribution >= 0.6 is 22.7 Å². The number of likely N-dealkylation sites (N-methyl/N-ethyl adjacent to an activating group) is 1. The van der Waals surface area contributed by atoms with Crippen LogP contribution in [0, 0.1) is 0 Å². The first-order chi connectivity index (χ1) is 10.1. The first-order valence-electron chi connectivity index (χ1n) is 6.70. The summed E-state index contributed by atoms with van der Waals surface area (Å²) in [5.74, 6) is 0.0753. The van der Waals surface area contributed by atoms with Crippen LogP contribution in [0.4, 0.5) is 5.69 Å². The van der Waals surface area contributed by atoms with E-state index in [1.165, 1.54) is 16.2 Å². The molecule has 1 aromatic carbocycles. The van der Waals surface area contributed by atoms with Gasteiger partial charge in [0.25, 0.3) is 5.91 Å². The topological polar surface area (TPSA) is 46.3 Å². The molecule has 0 radical (unpaired) electrons. The van der Waals surface area contributed by atoms with Gasteiger partial charge in [-0.15, -0.1) is 22.7 Å². The molecule has 3 rings (SSSR count). The average Bonchev–Trinajstić information content (AvgIpc) is 3.12. The van der Waals surface area contributed by atoms with Gasteiger partial charge in [0.2, 0.25) is 0 Å². The lowest BCUT2D eigenvalue weighted by atomic mass is 10.2. The fourth-order valence-electron chi connectivity index (χ4n) is 2.19. The minimum Gasteiger partial charge on any atom is -0.399 e. The van der Waals surface area contributed by atoms with E-state index in [2.05, 4.69) is 11.4 Å². The molecular formula is C16H16N2OS2. The summed E-state index contributed by atoms with van der Waals surface area (Å²) in [6.45, 7) is 0.732. The Balaban J connectivity index is 1.73. The molecule has 2 heterocycles. The molecule has 0 saturated carbocycles. The van der Waals surface area contributed by atoms with Crippen LogP contribution in [0.25, 0.3) is 10.1 Å². The van der Waals surface area contributed by atoms with Gasteiger partial charge in [-0.05, 0) is 47.5 Å². The molecule has 0 spiro atoms. The number of thiophene rings is 2. The Morgan fingerprint density at radius 3 is 2.90 bits per heavy atom. The SMILES string of the molecule is CN(CCc1cccs1)C(=O)c1cc2cc(N)ccc2s1. The highest BCUT2D eigenvalue weighted by atomic mass is 32.1. The number of nitrogen functional groups attached to an aromatic ring is 1. The Morgan fingerprint density at radius 1 is 1.29 bits per heavy atom. The molecule has 3 nitrogen and oxygen atoms in total. The second kappa shape index (κ2) is 5.87. The maximum absolute atomic E-state index is 12.5. The van der Waals surface area contributed by atoms with Crippen molar-refractivity contribution < 1.29 is 4.79 Å². The maximum atomic E-state index is 12.5. The number of carbonyl (C=O) groups is 1. The lowest BCUT2D eigenvalue weighted by Crippen LogP contribution is -2.27. The molecule has 2 N–H and O–H groups in total. The predicted octanol–water partition coefficient (Wildman–Crippen LogP) is 3.86. The van der Waals surface area contributed by atoms with Crippen LogP contribution in [-0.2, 0) is 6.42 Å². The fraction of sp³-hybridized carbons (Fsp3) is 0.188. The Morgan fingerprint density at radius 2 is 2.14 bits per heavy atom. The molecule has 0 aliphatic rings. The first-order valence-corrected chi connectivity index (χ1v) is 8.40. The number of fused-ring (bicyclic) bond motifs is 1. The highest BCUT2D eigenvalue weighted by Gasteiger charge is 2.15. The van der Waals surface area contributed by atoms with Crippen LogP contribution in [0.15, 0.2) is 41.8 Å². The standard InChI is InChI=1S/C16H16N2OS2/c1-18(7-6-13-3-2-8-20-13)16(19)15-10-11-9-12(17)4-5-14(11)21-15/h2-5,8-10H,6-7,17H2,1H3. The van der Waals surface area contributed by atoms with E-state index in [1.807, 2.05) is 37.4 Å².